The molecule has 0 bridgehead atoms. The van der Waals surface area contributed by atoms with Crippen molar-refractivity contribution in [3.05, 3.63) is 63.6 Å². The third kappa shape index (κ3) is 4.54. The Morgan fingerprint density at radius 1 is 1.27 bits per heavy atom. The quantitative estimate of drug-likeness (QED) is 0.694. The number of benzene rings is 1. The maximum absolute atomic E-state index is 12.3. The highest BCUT2D eigenvalue weighted by molar-refractivity contribution is 5.95. The van der Waals surface area contributed by atoms with E-state index in [1.165, 1.54) is 18.7 Å². The Balaban J connectivity index is 1.78. The van der Waals surface area contributed by atoms with Crippen molar-refractivity contribution in [2.24, 2.45) is 7.05 Å². The third-order valence-corrected chi connectivity index (χ3v) is 4.81. The molecule has 0 saturated heterocycles. The van der Waals surface area contributed by atoms with Crippen LogP contribution in [0, 0.1) is 6.92 Å². The molecule has 0 spiro atoms. The third-order valence-electron chi connectivity index (χ3n) is 4.81. The molecule has 1 aliphatic rings. The van der Waals surface area contributed by atoms with Gasteiger partial charge in [-0.2, -0.15) is 9.36 Å². The Morgan fingerprint density at radius 3 is 2.70 bits per heavy atom. The predicted molar refractivity (Wildman–Crippen MR) is 108 cm³/mol. The monoisotopic (exact) mass is 412 g/mol. The van der Waals surface area contributed by atoms with Crippen LogP contribution in [-0.4, -0.2) is 37.2 Å². The molecule has 1 heterocycles. The maximum Gasteiger partial charge on any atom is 0.368 e. The van der Waals surface area contributed by atoms with Crippen molar-refractivity contribution >= 4 is 11.8 Å². The highest BCUT2D eigenvalue weighted by Crippen LogP contribution is 2.29. The van der Waals surface area contributed by atoms with E-state index >= 15 is 0 Å². The molecule has 10 heteroatoms. The second-order valence-corrected chi connectivity index (χ2v) is 7.33. The minimum Gasteiger partial charge on any atom is -0.366 e. The van der Waals surface area contributed by atoms with Crippen LogP contribution in [-0.2, 0) is 28.0 Å². The molecular formula is C20H24N6O4. The lowest BCUT2D eigenvalue weighted by molar-refractivity contribution is -0.126. The number of aryl methyl sites for hydroxylation is 2. The molecule has 1 unspecified atom stereocenters. The zero-order chi connectivity index (χ0) is 21.9. The summed E-state index contributed by atoms with van der Waals surface area (Å²) >= 11 is 0. The first-order chi connectivity index (χ1) is 14.2. The Morgan fingerprint density at radius 2 is 2.03 bits per heavy atom. The van der Waals surface area contributed by atoms with Crippen LogP contribution < -0.4 is 16.5 Å². The summed E-state index contributed by atoms with van der Waals surface area (Å²) in [6, 6.07) is 5.55. The van der Waals surface area contributed by atoms with Crippen LogP contribution in [0.3, 0.4) is 0 Å². The number of hydrogen-bond acceptors (Lipinski definition) is 6. The number of allylic oxidation sites excluding steroid dienone is 2. The Kier molecular flexibility index (Phi) is 5.97. The first kappa shape index (κ1) is 21.2. The molecular weight excluding hydrogens is 388 g/mol. The molecule has 1 aromatic heterocycles. The van der Waals surface area contributed by atoms with Crippen LogP contribution >= 0.6 is 0 Å². The average molecular weight is 412 g/mol. The predicted octanol–water partition coefficient (Wildman–Crippen LogP) is 0.603. The van der Waals surface area contributed by atoms with Crippen LogP contribution in [0.25, 0.3) is 5.69 Å². The normalized spacial score (nSPS) is 18.1. The maximum atomic E-state index is 12.3. The van der Waals surface area contributed by atoms with Gasteiger partial charge >= 0.3 is 5.69 Å². The van der Waals surface area contributed by atoms with Gasteiger partial charge in [-0.15, -0.1) is 0 Å². The van der Waals surface area contributed by atoms with Crippen molar-refractivity contribution in [1.29, 1.82) is 0 Å². The summed E-state index contributed by atoms with van der Waals surface area (Å²) < 4.78 is 8.58. The number of carbonyl (C=O) groups excluding carboxylic acids is 2. The van der Waals surface area contributed by atoms with Gasteiger partial charge in [0.1, 0.15) is 0 Å². The summed E-state index contributed by atoms with van der Waals surface area (Å²) in [5.41, 5.74) is 6.34. The first-order valence-corrected chi connectivity index (χ1v) is 9.37. The summed E-state index contributed by atoms with van der Waals surface area (Å²) in [5, 5.41) is 7.69. The van der Waals surface area contributed by atoms with Gasteiger partial charge in [0.2, 0.25) is 5.91 Å². The van der Waals surface area contributed by atoms with Crippen LogP contribution in [0.5, 0.6) is 0 Å². The molecule has 0 radical (unpaired) electrons. The summed E-state index contributed by atoms with van der Waals surface area (Å²) in [7, 11) is 1.53. The SMILES string of the molecule is CC(=O)NNC(=O)C1=CC=CC(C)(OCc2c(C)cccc2-n2nnn(C)c2=O)C1. The average Bonchev–Trinajstić information content (AvgIpc) is 3.03. The van der Waals surface area contributed by atoms with E-state index in [-0.39, 0.29) is 18.2 Å². The van der Waals surface area contributed by atoms with Gasteiger partial charge in [0.25, 0.3) is 5.91 Å². The van der Waals surface area contributed by atoms with E-state index in [9.17, 15) is 14.4 Å². The molecule has 158 valence electrons. The molecule has 2 aromatic rings. The van der Waals surface area contributed by atoms with Gasteiger partial charge in [0.05, 0.1) is 17.9 Å². The number of amides is 2. The zero-order valence-electron chi connectivity index (χ0n) is 17.3. The number of hydrazine groups is 1. The molecule has 1 aromatic carbocycles. The van der Waals surface area contributed by atoms with Crippen molar-refractivity contribution in [2.75, 3.05) is 0 Å². The van der Waals surface area contributed by atoms with Crippen LogP contribution in [0.4, 0.5) is 0 Å². The summed E-state index contributed by atoms with van der Waals surface area (Å²) in [5.74, 6) is -0.757. The lowest BCUT2D eigenvalue weighted by Crippen LogP contribution is -2.42. The molecule has 30 heavy (non-hydrogen) atoms. The molecule has 1 atom stereocenters. The standard InChI is InChI=1S/C20H24N6O4/c1-13-7-5-9-17(26-19(29)25(4)23-24-26)16(13)12-30-20(3)10-6-8-15(11-20)18(28)22-21-14(2)27/h5-10H,11-12H2,1-4H3,(H,21,27)(H,22,28). The molecule has 2 N–H and O–H groups in total. The highest BCUT2D eigenvalue weighted by atomic mass is 16.5. The Labute approximate surface area is 173 Å². The summed E-state index contributed by atoms with van der Waals surface area (Å²) in [4.78, 5) is 35.6. The van der Waals surface area contributed by atoms with Gasteiger partial charge in [-0.05, 0) is 35.9 Å². The van der Waals surface area contributed by atoms with Crippen molar-refractivity contribution in [2.45, 2.75) is 39.4 Å². The van der Waals surface area contributed by atoms with Crippen molar-refractivity contribution in [1.82, 2.24) is 30.6 Å². The molecule has 0 aliphatic heterocycles. The fourth-order valence-corrected chi connectivity index (χ4v) is 3.12. The van der Waals surface area contributed by atoms with E-state index in [2.05, 4.69) is 21.3 Å². The van der Waals surface area contributed by atoms with Gasteiger partial charge in [0, 0.05) is 31.5 Å². The highest BCUT2D eigenvalue weighted by Gasteiger charge is 2.29. The second kappa shape index (κ2) is 8.46. The molecule has 0 saturated carbocycles. The zero-order valence-corrected chi connectivity index (χ0v) is 17.3. The van der Waals surface area contributed by atoms with Gasteiger partial charge in [-0.3, -0.25) is 20.4 Å². The summed E-state index contributed by atoms with van der Waals surface area (Å²) in [6.45, 7) is 5.31. The number of nitrogens with zero attached hydrogens (tertiary/aromatic N) is 4. The van der Waals surface area contributed by atoms with E-state index in [1.54, 1.807) is 18.2 Å². The van der Waals surface area contributed by atoms with E-state index in [4.69, 9.17) is 4.74 Å². The van der Waals surface area contributed by atoms with Gasteiger partial charge in [-0.1, -0.05) is 30.4 Å². The topological polar surface area (TPSA) is 120 Å². The van der Waals surface area contributed by atoms with Crippen LogP contribution in [0.2, 0.25) is 0 Å². The van der Waals surface area contributed by atoms with Gasteiger partial charge in [0.15, 0.2) is 0 Å². The van der Waals surface area contributed by atoms with E-state index in [1.807, 2.05) is 32.1 Å². The Bertz CT molecular complexity index is 1100. The summed E-state index contributed by atoms with van der Waals surface area (Å²) in [6.07, 6.45) is 5.62. The van der Waals surface area contributed by atoms with E-state index in [0.29, 0.717) is 17.7 Å². The minimum absolute atomic E-state index is 0.201. The number of rotatable bonds is 5. The number of aromatic nitrogens is 4. The van der Waals surface area contributed by atoms with Crippen LogP contribution in [0.15, 0.2) is 46.8 Å². The number of tetrazole rings is 1. The lowest BCUT2D eigenvalue weighted by Gasteiger charge is -2.30. The van der Waals surface area contributed by atoms with Gasteiger partial charge < -0.3 is 4.74 Å². The number of nitrogens with one attached hydrogen (secondary N) is 2. The van der Waals surface area contributed by atoms with E-state index in [0.717, 1.165) is 15.8 Å². The largest absolute Gasteiger partial charge is 0.368 e. The molecule has 2 amide bonds. The molecule has 1 aliphatic carbocycles. The number of carbonyl (C=O) groups is 2. The Hall–Kier alpha value is -3.53. The first-order valence-electron chi connectivity index (χ1n) is 9.37. The smallest absolute Gasteiger partial charge is 0.366 e. The van der Waals surface area contributed by atoms with Crippen molar-refractivity contribution in [3.8, 4) is 5.69 Å². The van der Waals surface area contributed by atoms with Gasteiger partial charge in [-0.25, -0.2) is 4.79 Å². The van der Waals surface area contributed by atoms with Crippen molar-refractivity contribution < 1.29 is 14.3 Å². The molecule has 10 nitrogen and oxygen atoms in total. The number of hydrogen-bond donors (Lipinski definition) is 2. The molecule has 0 fully saturated rings. The lowest BCUT2D eigenvalue weighted by atomic mass is 9.90. The van der Waals surface area contributed by atoms with E-state index < -0.39 is 11.5 Å². The fourth-order valence-electron chi connectivity index (χ4n) is 3.12. The van der Waals surface area contributed by atoms with Crippen LogP contribution in [0.1, 0.15) is 31.4 Å². The number of ether oxygens (including phenoxy) is 1. The minimum atomic E-state index is -0.746. The van der Waals surface area contributed by atoms with Crippen molar-refractivity contribution in [3.63, 3.8) is 0 Å². The second-order valence-electron chi connectivity index (χ2n) is 7.33. The molecule has 3 rings (SSSR count). The fraction of sp³-hybridized carbons (Fsp3) is 0.350.